The summed E-state index contributed by atoms with van der Waals surface area (Å²) >= 11 is 3.99. The molecule has 0 rings (SSSR count). The average molecular weight is 320 g/mol. The molecule has 0 aromatic carbocycles. The van der Waals surface area contributed by atoms with E-state index in [9.17, 15) is 14.5 Å². The minimum atomic E-state index is -1.58. The molecule has 2 atom stereocenters. The van der Waals surface area contributed by atoms with Crippen LogP contribution in [0.4, 0.5) is 0 Å². The summed E-state index contributed by atoms with van der Waals surface area (Å²) < 4.78 is 0. The molecule has 0 radical (unpaired) electrons. The molecule has 0 aliphatic carbocycles. The molecular formula is C12H24N4O4S. The summed E-state index contributed by atoms with van der Waals surface area (Å²) in [5.74, 6) is -1.98. The van der Waals surface area contributed by atoms with Crippen molar-refractivity contribution >= 4 is 24.5 Å². The summed E-state index contributed by atoms with van der Waals surface area (Å²) in [6, 6.07) is -1.07. The molecule has 1 amide bonds. The fraction of sp³-hybridized carbons (Fsp3) is 0.833. The second-order valence-corrected chi connectivity index (χ2v) is 5.14. The van der Waals surface area contributed by atoms with E-state index in [0.717, 1.165) is 0 Å². The fourth-order valence-corrected chi connectivity index (χ4v) is 2.18. The van der Waals surface area contributed by atoms with E-state index in [1.165, 1.54) is 0 Å². The van der Waals surface area contributed by atoms with Gasteiger partial charge in [0.05, 0.1) is 0 Å². The number of rotatable bonds is 12. The highest BCUT2D eigenvalue weighted by atomic mass is 32.1. The summed E-state index contributed by atoms with van der Waals surface area (Å²) in [5.41, 5.74) is 9.14. The maximum atomic E-state index is 12.2. The van der Waals surface area contributed by atoms with Crippen LogP contribution in [0.5, 0.6) is 0 Å². The number of hydrogen-bond acceptors (Lipinski definition) is 7. The molecule has 8 nitrogen and oxygen atoms in total. The lowest BCUT2D eigenvalue weighted by Crippen LogP contribution is -2.52. The highest BCUT2D eigenvalue weighted by molar-refractivity contribution is 7.80. The van der Waals surface area contributed by atoms with E-state index >= 15 is 0 Å². The zero-order valence-corrected chi connectivity index (χ0v) is 12.8. The third-order valence-electron chi connectivity index (χ3n) is 3.20. The van der Waals surface area contributed by atoms with Crippen LogP contribution in [-0.2, 0) is 9.59 Å². The lowest BCUT2D eigenvalue weighted by molar-refractivity contribution is -0.142. The molecule has 9 heteroatoms. The number of carboxylic acids is 1. The molecule has 0 heterocycles. The van der Waals surface area contributed by atoms with E-state index in [1.807, 2.05) is 0 Å². The van der Waals surface area contributed by atoms with Crippen molar-refractivity contribution < 1.29 is 14.7 Å². The smallest absolute Gasteiger partial charge is 0.326 e. The maximum absolute atomic E-state index is 12.2. The van der Waals surface area contributed by atoms with Gasteiger partial charge in [-0.1, -0.05) is 5.18 Å². The molecule has 21 heavy (non-hydrogen) atoms. The van der Waals surface area contributed by atoms with Crippen molar-refractivity contribution in [1.29, 1.82) is 0 Å². The Morgan fingerprint density at radius 1 is 1.24 bits per heavy atom. The number of carboxylic acid groups (broad SMARTS) is 1. The van der Waals surface area contributed by atoms with Crippen LogP contribution in [-0.4, -0.2) is 47.4 Å². The first kappa shape index (κ1) is 19.8. The van der Waals surface area contributed by atoms with Crippen LogP contribution < -0.4 is 16.8 Å². The quantitative estimate of drug-likeness (QED) is 0.192. The Bertz CT molecular complexity index is 356. The number of aliphatic carboxylic acids is 1. The van der Waals surface area contributed by atoms with E-state index in [1.54, 1.807) is 0 Å². The molecule has 0 aliphatic rings. The minimum absolute atomic E-state index is 0.0997. The normalized spacial score (nSPS) is 15.0. The molecule has 0 aromatic rings. The third-order valence-corrected chi connectivity index (χ3v) is 3.73. The standard InChI is InChI=1S/C12H24N4O4S/c13-6-2-1-4-9(10(17)18)15-11(19)12(8-21,16-20)5-3-7-14/h9,21H,1-8,13-14H2,(H,15,19)(H,17,18)/t9-,12?/m0/s1. The number of unbranched alkanes of at least 4 members (excludes halogenated alkanes) is 1. The number of nitrogens with one attached hydrogen (secondary N) is 1. The predicted molar refractivity (Wildman–Crippen MR) is 83.1 cm³/mol. The van der Waals surface area contributed by atoms with Gasteiger partial charge in [-0.25, -0.2) is 4.79 Å². The highest BCUT2D eigenvalue weighted by Crippen LogP contribution is 2.21. The van der Waals surface area contributed by atoms with Gasteiger partial charge in [0.15, 0.2) is 5.54 Å². The lowest BCUT2D eigenvalue weighted by Gasteiger charge is -2.25. The zero-order valence-electron chi connectivity index (χ0n) is 12.0. The van der Waals surface area contributed by atoms with E-state index in [4.69, 9.17) is 16.6 Å². The largest absolute Gasteiger partial charge is 0.480 e. The summed E-state index contributed by atoms with van der Waals surface area (Å²) in [6.07, 6.45) is 2.04. The fourth-order valence-electron chi connectivity index (χ4n) is 1.82. The van der Waals surface area contributed by atoms with Crippen LogP contribution in [0.15, 0.2) is 5.18 Å². The van der Waals surface area contributed by atoms with Crippen LogP contribution in [0.3, 0.4) is 0 Å². The van der Waals surface area contributed by atoms with Gasteiger partial charge in [-0.05, 0) is 45.2 Å². The molecule has 0 spiro atoms. The number of carbonyl (C=O) groups is 2. The number of nitrogens with zero attached hydrogens (tertiary/aromatic N) is 1. The molecule has 6 N–H and O–H groups in total. The maximum Gasteiger partial charge on any atom is 0.326 e. The molecule has 0 bridgehead atoms. The van der Waals surface area contributed by atoms with Crippen molar-refractivity contribution in [1.82, 2.24) is 5.32 Å². The Labute approximate surface area is 129 Å². The van der Waals surface area contributed by atoms with Gasteiger partial charge in [-0.3, -0.25) is 4.79 Å². The van der Waals surface area contributed by atoms with Crippen LogP contribution in [0.2, 0.25) is 0 Å². The SMILES string of the molecule is NCCCC[C@H](NC(=O)C(CS)(CCCN)N=O)C(=O)O. The molecular weight excluding hydrogens is 296 g/mol. The van der Waals surface area contributed by atoms with Crippen molar-refractivity contribution in [2.24, 2.45) is 16.6 Å². The first-order valence-electron chi connectivity index (χ1n) is 6.86. The van der Waals surface area contributed by atoms with E-state index < -0.39 is 23.5 Å². The molecule has 0 fully saturated rings. The summed E-state index contributed by atoms with van der Waals surface area (Å²) in [7, 11) is 0. The lowest BCUT2D eigenvalue weighted by atomic mass is 9.94. The van der Waals surface area contributed by atoms with Crippen molar-refractivity contribution in [3.63, 3.8) is 0 Å². The molecule has 1 unspecified atom stereocenters. The number of carbonyl (C=O) groups excluding carboxylic acids is 1. The van der Waals surface area contributed by atoms with Crippen LogP contribution in [0, 0.1) is 4.91 Å². The third kappa shape index (κ3) is 6.40. The average Bonchev–Trinajstić information content (AvgIpc) is 2.47. The van der Waals surface area contributed by atoms with E-state index in [0.29, 0.717) is 32.4 Å². The van der Waals surface area contributed by atoms with Gasteiger partial charge in [-0.15, -0.1) is 4.91 Å². The first-order valence-corrected chi connectivity index (χ1v) is 7.50. The molecule has 0 aliphatic heterocycles. The van der Waals surface area contributed by atoms with Crippen molar-refractivity contribution in [2.45, 2.75) is 43.7 Å². The van der Waals surface area contributed by atoms with Crippen LogP contribution in [0.1, 0.15) is 32.1 Å². The number of amides is 1. The monoisotopic (exact) mass is 320 g/mol. The Balaban J connectivity index is 4.82. The predicted octanol–water partition coefficient (Wildman–Crippen LogP) is -0.141. The van der Waals surface area contributed by atoms with Crippen molar-refractivity contribution in [2.75, 3.05) is 18.8 Å². The second-order valence-electron chi connectivity index (χ2n) is 4.82. The first-order chi connectivity index (χ1) is 9.97. The number of nitrogens with two attached hydrogens (primary N) is 2. The molecule has 0 aromatic heterocycles. The summed E-state index contributed by atoms with van der Waals surface area (Å²) in [6.45, 7) is 0.754. The molecule has 0 saturated heterocycles. The van der Waals surface area contributed by atoms with Gasteiger partial charge in [0, 0.05) is 5.75 Å². The molecule has 122 valence electrons. The second kappa shape index (κ2) is 10.5. The minimum Gasteiger partial charge on any atom is -0.480 e. The van der Waals surface area contributed by atoms with Gasteiger partial charge in [-0.2, -0.15) is 12.6 Å². The van der Waals surface area contributed by atoms with Crippen LogP contribution >= 0.6 is 12.6 Å². The van der Waals surface area contributed by atoms with Crippen LogP contribution in [0.25, 0.3) is 0 Å². The number of nitroso groups, excluding NO2 is 1. The van der Waals surface area contributed by atoms with Crippen molar-refractivity contribution in [3.05, 3.63) is 4.91 Å². The summed E-state index contributed by atoms with van der Waals surface area (Å²) in [4.78, 5) is 34.4. The van der Waals surface area contributed by atoms with Gasteiger partial charge < -0.3 is 21.9 Å². The van der Waals surface area contributed by atoms with E-state index in [-0.39, 0.29) is 18.6 Å². The Morgan fingerprint density at radius 3 is 2.29 bits per heavy atom. The van der Waals surface area contributed by atoms with Gasteiger partial charge in [0.1, 0.15) is 6.04 Å². The van der Waals surface area contributed by atoms with Gasteiger partial charge in [0.2, 0.25) is 0 Å². The molecule has 0 saturated carbocycles. The van der Waals surface area contributed by atoms with E-state index in [2.05, 4.69) is 23.1 Å². The Kier molecular flexibility index (Phi) is 9.93. The van der Waals surface area contributed by atoms with Crippen molar-refractivity contribution in [3.8, 4) is 0 Å². The van der Waals surface area contributed by atoms with Gasteiger partial charge >= 0.3 is 5.97 Å². The number of hydrogen-bond donors (Lipinski definition) is 5. The summed E-state index contributed by atoms with van der Waals surface area (Å²) in [5, 5.41) is 14.4. The number of thiol groups is 1. The Hall–Kier alpha value is -1.19. The zero-order chi connectivity index (χ0) is 16.3. The highest BCUT2D eigenvalue weighted by Gasteiger charge is 2.40. The van der Waals surface area contributed by atoms with Gasteiger partial charge in [0.25, 0.3) is 5.91 Å². The Morgan fingerprint density at radius 2 is 1.86 bits per heavy atom. The topological polar surface area (TPSA) is 148 Å².